The molecule has 16 heavy (non-hydrogen) atoms. The Bertz CT molecular complexity index is 343. The van der Waals surface area contributed by atoms with E-state index in [1.54, 1.807) is 0 Å². The van der Waals surface area contributed by atoms with Crippen molar-refractivity contribution in [2.45, 2.75) is 25.0 Å². The fourth-order valence-electron chi connectivity index (χ4n) is 1.64. The Morgan fingerprint density at radius 3 is 2.75 bits per heavy atom. The van der Waals surface area contributed by atoms with Gasteiger partial charge in [0.05, 0.1) is 0 Å². The molecular weight excluding hydrogens is 237 g/mol. The molecule has 1 heterocycles. The minimum Gasteiger partial charge on any atom is -0.382 e. The molecule has 0 N–H and O–H groups in total. The van der Waals surface area contributed by atoms with E-state index in [1.807, 2.05) is 6.92 Å². The second kappa shape index (κ2) is 5.58. The average molecular weight is 253 g/mol. The summed E-state index contributed by atoms with van der Waals surface area (Å²) in [7, 11) is -4.60. The van der Waals surface area contributed by atoms with Crippen LogP contribution in [0.3, 0.4) is 0 Å². The monoisotopic (exact) mass is 253 g/mol. The number of hydrogen-bond acceptors (Lipinski definition) is 4. The summed E-state index contributed by atoms with van der Waals surface area (Å²) in [5.41, 5.74) is 0. The Morgan fingerprint density at radius 2 is 2.25 bits per heavy atom. The highest BCUT2D eigenvalue weighted by Gasteiger charge is 2.37. The first-order chi connectivity index (χ1) is 7.45. The van der Waals surface area contributed by atoms with E-state index in [-0.39, 0.29) is 18.9 Å². The average Bonchev–Trinajstić information content (AvgIpc) is 2.55. The molecule has 1 unspecified atom stereocenters. The molecule has 5 nitrogen and oxygen atoms in total. The van der Waals surface area contributed by atoms with Crippen LogP contribution in [0.25, 0.3) is 0 Å². The molecule has 1 aliphatic heterocycles. The molecule has 94 valence electrons. The van der Waals surface area contributed by atoms with E-state index < -0.39 is 15.5 Å². The van der Waals surface area contributed by atoms with E-state index in [1.165, 1.54) is 4.90 Å². The molecule has 0 aromatic carbocycles. The minimum atomic E-state index is -4.60. The summed E-state index contributed by atoms with van der Waals surface area (Å²) in [6.45, 7) is 3.38. The molecule has 1 atom stereocenters. The highest BCUT2D eigenvalue weighted by Crippen LogP contribution is 2.19. The van der Waals surface area contributed by atoms with Crippen molar-refractivity contribution in [2.75, 3.05) is 26.3 Å². The van der Waals surface area contributed by atoms with E-state index in [4.69, 9.17) is 4.74 Å². The zero-order chi connectivity index (χ0) is 12.2. The molecule has 0 aromatic rings. The maximum atomic E-state index is 12.7. The molecule has 0 spiro atoms. The van der Waals surface area contributed by atoms with Gasteiger partial charge < -0.3 is 9.64 Å². The Morgan fingerprint density at radius 1 is 1.56 bits per heavy atom. The van der Waals surface area contributed by atoms with Crippen LogP contribution in [0.15, 0.2) is 0 Å². The smallest absolute Gasteiger partial charge is 0.307 e. The molecule has 0 bridgehead atoms. The van der Waals surface area contributed by atoms with E-state index in [9.17, 15) is 17.1 Å². The van der Waals surface area contributed by atoms with Gasteiger partial charge in [-0.2, -0.15) is 8.42 Å². The van der Waals surface area contributed by atoms with Gasteiger partial charge in [0.25, 0.3) is 0 Å². The van der Waals surface area contributed by atoms with Crippen molar-refractivity contribution in [3.05, 3.63) is 0 Å². The fourth-order valence-corrected chi connectivity index (χ4v) is 2.34. The van der Waals surface area contributed by atoms with Crippen LogP contribution < -0.4 is 0 Å². The topological polar surface area (TPSA) is 63.7 Å². The van der Waals surface area contributed by atoms with Gasteiger partial charge in [-0.3, -0.25) is 4.79 Å². The third kappa shape index (κ3) is 3.71. The molecular formula is C9H16FNO4S. The lowest BCUT2D eigenvalue weighted by Gasteiger charge is -2.15. The lowest BCUT2D eigenvalue weighted by molar-refractivity contribution is -0.127. The molecule has 1 aliphatic rings. The quantitative estimate of drug-likeness (QED) is 0.505. The maximum absolute atomic E-state index is 12.7. The zero-order valence-electron chi connectivity index (χ0n) is 9.19. The van der Waals surface area contributed by atoms with Crippen molar-refractivity contribution < 1.29 is 21.8 Å². The summed E-state index contributed by atoms with van der Waals surface area (Å²) in [5.74, 6) is -0.303. The number of carbonyl (C=O) groups is 1. The highest BCUT2D eigenvalue weighted by atomic mass is 32.3. The van der Waals surface area contributed by atoms with Gasteiger partial charge in [-0.25, -0.2) is 0 Å². The minimum absolute atomic E-state index is 0.0379. The summed E-state index contributed by atoms with van der Waals surface area (Å²) in [6, 6.07) is 0. The number of nitrogens with zero attached hydrogens (tertiary/aromatic N) is 1. The first-order valence-electron chi connectivity index (χ1n) is 5.24. The first-order valence-corrected chi connectivity index (χ1v) is 6.68. The summed E-state index contributed by atoms with van der Waals surface area (Å²) in [5, 5.41) is -1.19. The molecule has 7 heteroatoms. The van der Waals surface area contributed by atoms with Crippen molar-refractivity contribution in [3.8, 4) is 0 Å². The molecule has 1 fully saturated rings. The largest absolute Gasteiger partial charge is 0.382 e. The second-order valence-corrected chi connectivity index (χ2v) is 5.31. The summed E-state index contributed by atoms with van der Waals surface area (Å²) < 4.78 is 39.0. The Balaban J connectivity index is 2.37. The van der Waals surface area contributed by atoms with Crippen LogP contribution in [0.5, 0.6) is 0 Å². The van der Waals surface area contributed by atoms with E-state index in [0.29, 0.717) is 26.2 Å². The number of ether oxygens (including phenoxy) is 1. The Kier molecular flexibility index (Phi) is 4.67. The van der Waals surface area contributed by atoms with Crippen LogP contribution in [0.1, 0.15) is 19.8 Å². The Hall–Kier alpha value is -0.690. The van der Waals surface area contributed by atoms with E-state index in [2.05, 4.69) is 0 Å². The van der Waals surface area contributed by atoms with Gasteiger partial charge in [0.15, 0.2) is 0 Å². The molecule has 0 radical (unpaired) electrons. The number of halogens is 1. The van der Waals surface area contributed by atoms with Gasteiger partial charge in [0.2, 0.25) is 5.91 Å². The molecule has 1 saturated heterocycles. The molecule has 1 rings (SSSR count). The van der Waals surface area contributed by atoms with Crippen LogP contribution in [0.2, 0.25) is 0 Å². The zero-order valence-corrected chi connectivity index (χ0v) is 10.0. The fraction of sp³-hybridized carbons (Fsp3) is 0.889. The molecule has 0 aromatic heterocycles. The third-order valence-electron chi connectivity index (χ3n) is 2.50. The highest BCUT2D eigenvalue weighted by molar-refractivity contribution is 7.87. The van der Waals surface area contributed by atoms with Gasteiger partial charge in [-0.15, -0.1) is 3.89 Å². The summed E-state index contributed by atoms with van der Waals surface area (Å²) in [4.78, 5) is 12.7. The summed E-state index contributed by atoms with van der Waals surface area (Å²) >= 11 is 0. The first kappa shape index (κ1) is 13.4. The van der Waals surface area contributed by atoms with Crippen LogP contribution in [-0.4, -0.2) is 50.8 Å². The summed E-state index contributed by atoms with van der Waals surface area (Å²) in [6.07, 6.45) is 0.395. The van der Waals surface area contributed by atoms with Crippen molar-refractivity contribution in [1.82, 2.24) is 4.90 Å². The van der Waals surface area contributed by atoms with Crippen LogP contribution >= 0.6 is 0 Å². The van der Waals surface area contributed by atoms with E-state index >= 15 is 0 Å². The number of amides is 1. The second-order valence-electron chi connectivity index (χ2n) is 3.69. The Labute approximate surface area is 94.8 Å². The van der Waals surface area contributed by atoms with Crippen molar-refractivity contribution >= 4 is 16.1 Å². The standard InChI is InChI=1S/C9H16FNO4S/c1-2-15-5-3-4-11-7-8(6-9(11)12)16(10,13)14/h8H,2-7H2,1H3. The lowest BCUT2D eigenvalue weighted by atomic mass is 10.4. The van der Waals surface area contributed by atoms with Gasteiger partial charge in [0, 0.05) is 32.7 Å². The van der Waals surface area contributed by atoms with Crippen molar-refractivity contribution in [2.24, 2.45) is 0 Å². The van der Waals surface area contributed by atoms with Gasteiger partial charge in [0.1, 0.15) is 5.25 Å². The van der Waals surface area contributed by atoms with Gasteiger partial charge in [-0.1, -0.05) is 0 Å². The number of rotatable bonds is 6. The van der Waals surface area contributed by atoms with Crippen LogP contribution in [-0.2, 0) is 19.8 Å². The van der Waals surface area contributed by atoms with Crippen molar-refractivity contribution in [1.29, 1.82) is 0 Å². The van der Waals surface area contributed by atoms with Gasteiger partial charge >= 0.3 is 10.2 Å². The number of carbonyl (C=O) groups excluding carboxylic acids is 1. The number of hydrogen-bond donors (Lipinski definition) is 0. The molecule has 0 saturated carbocycles. The van der Waals surface area contributed by atoms with E-state index in [0.717, 1.165) is 0 Å². The van der Waals surface area contributed by atoms with Crippen LogP contribution in [0.4, 0.5) is 3.89 Å². The number of likely N-dealkylation sites (tertiary alicyclic amines) is 1. The SMILES string of the molecule is CCOCCCN1CC(S(=O)(=O)F)CC1=O. The third-order valence-corrected chi connectivity index (χ3v) is 3.61. The molecule has 1 amide bonds. The molecule has 0 aliphatic carbocycles. The maximum Gasteiger partial charge on any atom is 0.307 e. The van der Waals surface area contributed by atoms with Crippen molar-refractivity contribution in [3.63, 3.8) is 0 Å². The van der Waals surface area contributed by atoms with Crippen LogP contribution in [0, 0.1) is 0 Å². The van der Waals surface area contributed by atoms with Gasteiger partial charge in [-0.05, 0) is 13.3 Å². The predicted octanol–water partition coefficient (Wildman–Crippen LogP) is 0.313. The predicted molar refractivity (Wildman–Crippen MR) is 56.1 cm³/mol. The lowest BCUT2D eigenvalue weighted by Crippen LogP contribution is -2.28. The normalized spacial score (nSPS) is 21.8.